The van der Waals surface area contributed by atoms with E-state index in [0.717, 1.165) is 13.1 Å². The average molecular weight is 244 g/mol. The number of nitrogens with two attached hydrogens (primary N) is 1. The molecule has 0 aromatic heterocycles. The number of rotatable bonds is 4. The third kappa shape index (κ3) is 3.94. The van der Waals surface area contributed by atoms with Crippen LogP contribution in [0.1, 0.15) is 20.8 Å². The Morgan fingerprint density at radius 2 is 2.29 bits per heavy atom. The molecule has 1 heterocycles. The molecule has 2 N–H and O–H groups in total. The first kappa shape index (κ1) is 14.4. The number of esters is 1. The molecule has 0 spiro atoms. The fourth-order valence-electron chi connectivity index (χ4n) is 2.09. The highest BCUT2D eigenvalue weighted by molar-refractivity contribution is 5.76. The Morgan fingerprint density at radius 1 is 1.65 bits per heavy atom. The van der Waals surface area contributed by atoms with Gasteiger partial charge in [-0.3, -0.25) is 9.69 Å². The van der Waals surface area contributed by atoms with Gasteiger partial charge < -0.3 is 15.2 Å². The Balaban J connectivity index is 2.54. The number of morpholine rings is 1. The van der Waals surface area contributed by atoms with Crippen molar-refractivity contribution in [3.63, 3.8) is 0 Å². The molecule has 1 saturated heterocycles. The molecule has 5 nitrogen and oxygen atoms in total. The van der Waals surface area contributed by atoms with Gasteiger partial charge in [-0.05, 0) is 20.8 Å². The summed E-state index contributed by atoms with van der Waals surface area (Å²) in [5.74, 6) is -0.179. The lowest BCUT2D eigenvalue weighted by Crippen LogP contribution is -2.52. The van der Waals surface area contributed by atoms with Gasteiger partial charge in [0.05, 0.1) is 25.2 Å². The van der Waals surface area contributed by atoms with E-state index in [4.69, 9.17) is 15.2 Å². The van der Waals surface area contributed by atoms with Crippen molar-refractivity contribution in [3.05, 3.63) is 0 Å². The Kier molecular flexibility index (Phi) is 4.91. The molecule has 5 heteroatoms. The number of ether oxygens (including phenoxy) is 2. The summed E-state index contributed by atoms with van der Waals surface area (Å²) in [5, 5.41) is 0. The molecular weight excluding hydrogens is 220 g/mol. The van der Waals surface area contributed by atoms with Crippen molar-refractivity contribution in [1.82, 2.24) is 4.90 Å². The molecule has 0 aromatic rings. The molecule has 100 valence electrons. The molecule has 17 heavy (non-hydrogen) atoms. The van der Waals surface area contributed by atoms with Crippen LogP contribution in [0.15, 0.2) is 0 Å². The molecule has 1 aliphatic rings. The normalized spacial score (nSPS) is 24.4. The van der Waals surface area contributed by atoms with Gasteiger partial charge in [0.2, 0.25) is 0 Å². The van der Waals surface area contributed by atoms with E-state index in [2.05, 4.69) is 4.90 Å². The molecule has 0 saturated carbocycles. The summed E-state index contributed by atoms with van der Waals surface area (Å²) in [6.45, 7) is 8.70. The summed E-state index contributed by atoms with van der Waals surface area (Å²) in [6, 6.07) is 0.0130. The van der Waals surface area contributed by atoms with Gasteiger partial charge >= 0.3 is 5.97 Å². The van der Waals surface area contributed by atoms with Crippen molar-refractivity contribution in [1.29, 1.82) is 0 Å². The summed E-state index contributed by atoms with van der Waals surface area (Å²) >= 11 is 0. The number of carbonyl (C=O) groups excluding carboxylic acids is 1. The second kappa shape index (κ2) is 5.80. The minimum Gasteiger partial charge on any atom is -0.469 e. The van der Waals surface area contributed by atoms with Crippen LogP contribution in [0.5, 0.6) is 0 Å². The maximum absolute atomic E-state index is 11.6. The van der Waals surface area contributed by atoms with Crippen LogP contribution in [0.3, 0.4) is 0 Å². The monoisotopic (exact) mass is 244 g/mol. The van der Waals surface area contributed by atoms with Crippen molar-refractivity contribution >= 4 is 5.97 Å². The molecule has 0 aromatic carbocycles. The summed E-state index contributed by atoms with van der Waals surface area (Å²) in [6.07, 6.45) is 0.0530. The lowest BCUT2D eigenvalue weighted by molar-refractivity contribution is -0.153. The predicted octanol–water partition coefficient (Wildman–Crippen LogP) is 0.234. The predicted molar refractivity (Wildman–Crippen MR) is 65.6 cm³/mol. The zero-order valence-electron chi connectivity index (χ0n) is 11.2. The van der Waals surface area contributed by atoms with Gasteiger partial charge in [-0.2, -0.15) is 0 Å². The number of methoxy groups -OCH3 is 1. The topological polar surface area (TPSA) is 64.8 Å². The van der Waals surface area contributed by atoms with E-state index in [0.29, 0.717) is 13.2 Å². The third-order valence-corrected chi connectivity index (χ3v) is 3.12. The summed E-state index contributed by atoms with van der Waals surface area (Å²) in [4.78, 5) is 13.8. The molecule has 0 amide bonds. The lowest BCUT2D eigenvalue weighted by Gasteiger charge is -2.38. The molecule has 2 atom stereocenters. The number of hydrogen-bond donors (Lipinski definition) is 1. The Morgan fingerprint density at radius 3 is 2.82 bits per heavy atom. The summed E-state index contributed by atoms with van der Waals surface area (Å²) in [7, 11) is 1.42. The van der Waals surface area contributed by atoms with Crippen LogP contribution < -0.4 is 5.73 Å². The van der Waals surface area contributed by atoms with Gasteiger partial charge in [0, 0.05) is 25.7 Å². The Bertz CT molecular complexity index is 266. The van der Waals surface area contributed by atoms with Crippen molar-refractivity contribution in [2.45, 2.75) is 32.9 Å². The SMILES string of the molecule is COC(=O)C(C)(C)CN1CCOC(C(C)N)C1. The fraction of sp³-hybridized carbons (Fsp3) is 0.917. The van der Waals surface area contributed by atoms with Gasteiger partial charge in [0.1, 0.15) is 0 Å². The maximum atomic E-state index is 11.6. The average Bonchev–Trinajstić information content (AvgIpc) is 2.27. The second-order valence-electron chi connectivity index (χ2n) is 5.38. The molecule has 1 rings (SSSR count). The summed E-state index contributed by atoms with van der Waals surface area (Å²) in [5.41, 5.74) is 5.34. The molecule has 0 aliphatic carbocycles. The fourth-order valence-corrected chi connectivity index (χ4v) is 2.09. The van der Waals surface area contributed by atoms with Crippen LogP contribution in [-0.4, -0.2) is 56.4 Å². The van der Waals surface area contributed by atoms with Crippen LogP contribution in [0.25, 0.3) is 0 Å². The molecule has 2 unspecified atom stereocenters. The van der Waals surface area contributed by atoms with Crippen LogP contribution in [0.2, 0.25) is 0 Å². The molecule has 0 radical (unpaired) electrons. The van der Waals surface area contributed by atoms with E-state index >= 15 is 0 Å². The van der Waals surface area contributed by atoms with Crippen LogP contribution in [0.4, 0.5) is 0 Å². The summed E-state index contributed by atoms with van der Waals surface area (Å²) < 4.78 is 10.4. The molecular formula is C12H24N2O3. The van der Waals surface area contributed by atoms with Crippen LogP contribution in [0, 0.1) is 5.41 Å². The highest BCUT2D eigenvalue weighted by Crippen LogP contribution is 2.20. The second-order valence-corrected chi connectivity index (χ2v) is 5.38. The van der Waals surface area contributed by atoms with Gasteiger partial charge in [0.15, 0.2) is 0 Å². The maximum Gasteiger partial charge on any atom is 0.312 e. The molecule has 1 aliphatic heterocycles. The quantitative estimate of drug-likeness (QED) is 0.717. The highest BCUT2D eigenvalue weighted by atomic mass is 16.5. The van der Waals surface area contributed by atoms with Crippen molar-refractivity contribution < 1.29 is 14.3 Å². The lowest BCUT2D eigenvalue weighted by atomic mass is 9.92. The van der Waals surface area contributed by atoms with E-state index in [1.165, 1.54) is 7.11 Å². The van der Waals surface area contributed by atoms with Gasteiger partial charge in [-0.25, -0.2) is 0 Å². The van der Waals surface area contributed by atoms with Gasteiger partial charge in [-0.15, -0.1) is 0 Å². The van der Waals surface area contributed by atoms with E-state index in [1.807, 2.05) is 20.8 Å². The first-order valence-corrected chi connectivity index (χ1v) is 6.05. The largest absolute Gasteiger partial charge is 0.469 e. The van der Waals surface area contributed by atoms with E-state index < -0.39 is 5.41 Å². The number of nitrogens with zero attached hydrogens (tertiary/aromatic N) is 1. The van der Waals surface area contributed by atoms with E-state index in [1.54, 1.807) is 0 Å². The Hall–Kier alpha value is -0.650. The first-order valence-electron chi connectivity index (χ1n) is 6.05. The minimum atomic E-state index is -0.492. The molecule has 0 bridgehead atoms. The number of carbonyl (C=O) groups is 1. The zero-order valence-corrected chi connectivity index (χ0v) is 11.2. The van der Waals surface area contributed by atoms with Gasteiger partial charge in [0.25, 0.3) is 0 Å². The smallest absolute Gasteiger partial charge is 0.312 e. The minimum absolute atomic E-state index is 0.0130. The van der Waals surface area contributed by atoms with Crippen LogP contribution in [-0.2, 0) is 14.3 Å². The van der Waals surface area contributed by atoms with E-state index in [9.17, 15) is 4.79 Å². The Labute approximate surface area is 103 Å². The van der Waals surface area contributed by atoms with Crippen molar-refractivity contribution in [3.8, 4) is 0 Å². The zero-order chi connectivity index (χ0) is 13.1. The standard InChI is InChI=1S/C12H24N2O3/c1-9(13)10-7-14(5-6-17-10)8-12(2,3)11(15)16-4/h9-10H,5-8,13H2,1-4H3. The number of hydrogen-bond acceptors (Lipinski definition) is 5. The van der Waals surface area contributed by atoms with Crippen molar-refractivity contribution in [2.24, 2.45) is 11.1 Å². The highest BCUT2D eigenvalue weighted by Gasteiger charge is 2.33. The van der Waals surface area contributed by atoms with Crippen LogP contribution >= 0.6 is 0 Å². The van der Waals surface area contributed by atoms with E-state index in [-0.39, 0.29) is 18.1 Å². The first-order chi connectivity index (χ1) is 7.86. The van der Waals surface area contributed by atoms with Crippen molar-refractivity contribution in [2.75, 3.05) is 33.4 Å². The third-order valence-electron chi connectivity index (χ3n) is 3.12. The molecule has 1 fully saturated rings. The van der Waals surface area contributed by atoms with Gasteiger partial charge in [-0.1, -0.05) is 0 Å².